The fraction of sp³-hybridized carbons (Fsp3) is 0.267. The van der Waals surface area contributed by atoms with Crippen LogP contribution in [-0.2, 0) is 6.54 Å². The van der Waals surface area contributed by atoms with Crippen molar-refractivity contribution in [1.29, 1.82) is 0 Å². The summed E-state index contributed by atoms with van der Waals surface area (Å²) < 4.78 is 0. The van der Waals surface area contributed by atoms with E-state index in [1.807, 2.05) is 29.2 Å². The van der Waals surface area contributed by atoms with Gasteiger partial charge in [-0.3, -0.25) is 4.79 Å². The smallest absolute Gasteiger partial charge is 0.274 e. The molecule has 1 fully saturated rings. The molecule has 0 aliphatic heterocycles. The zero-order chi connectivity index (χ0) is 14.8. The Morgan fingerprint density at radius 3 is 2.38 bits per heavy atom. The molecule has 0 unspecified atom stereocenters. The number of nitrogens with zero attached hydrogens (tertiary/aromatic N) is 3. The topological polar surface area (TPSA) is 46.1 Å². The van der Waals surface area contributed by atoms with E-state index in [1.165, 1.54) is 0 Å². The first-order chi connectivity index (χ1) is 10.1. The molecule has 0 bridgehead atoms. The van der Waals surface area contributed by atoms with Crippen molar-refractivity contribution < 1.29 is 4.79 Å². The molecule has 108 valence electrons. The minimum Gasteiger partial charge on any atom is -0.330 e. The molecule has 0 spiro atoms. The van der Waals surface area contributed by atoms with E-state index in [9.17, 15) is 4.79 Å². The molecule has 0 N–H and O–H groups in total. The largest absolute Gasteiger partial charge is 0.330 e. The molecule has 2 aromatic rings. The van der Waals surface area contributed by atoms with Crippen molar-refractivity contribution in [3.05, 3.63) is 57.8 Å². The summed E-state index contributed by atoms with van der Waals surface area (Å²) in [6.07, 6.45) is 2.06. The molecule has 0 atom stereocenters. The minimum absolute atomic E-state index is 0.114. The Kier molecular flexibility index (Phi) is 4.08. The molecule has 4 nitrogen and oxygen atoms in total. The summed E-state index contributed by atoms with van der Waals surface area (Å²) in [5.41, 5.74) is 1.36. The van der Waals surface area contributed by atoms with Gasteiger partial charge in [0.15, 0.2) is 10.8 Å². The van der Waals surface area contributed by atoms with E-state index in [0.717, 1.165) is 18.4 Å². The number of hydrogen-bond acceptors (Lipinski definition) is 3. The molecule has 1 amide bonds. The van der Waals surface area contributed by atoms with Crippen LogP contribution in [-0.4, -0.2) is 27.0 Å². The highest BCUT2D eigenvalue weighted by molar-refractivity contribution is 6.30. The molecular formula is C15H13Cl2N3O. The van der Waals surface area contributed by atoms with Gasteiger partial charge in [-0.05, 0) is 42.7 Å². The Balaban J connectivity index is 1.79. The van der Waals surface area contributed by atoms with Crippen LogP contribution in [0.25, 0.3) is 0 Å². The van der Waals surface area contributed by atoms with Crippen LogP contribution in [0.5, 0.6) is 0 Å². The first-order valence-electron chi connectivity index (χ1n) is 6.68. The van der Waals surface area contributed by atoms with Crippen LogP contribution < -0.4 is 0 Å². The van der Waals surface area contributed by atoms with Gasteiger partial charge in [0.2, 0.25) is 0 Å². The Bertz CT molecular complexity index is 639. The van der Waals surface area contributed by atoms with E-state index in [0.29, 0.717) is 17.3 Å². The molecule has 21 heavy (non-hydrogen) atoms. The van der Waals surface area contributed by atoms with Gasteiger partial charge in [0.25, 0.3) is 5.91 Å². The van der Waals surface area contributed by atoms with E-state index in [2.05, 4.69) is 10.2 Å². The van der Waals surface area contributed by atoms with Gasteiger partial charge in [-0.2, -0.15) is 0 Å². The average Bonchev–Trinajstić information content (AvgIpc) is 3.31. The average molecular weight is 322 g/mol. The fourth-order valence-corrected chi connectivity index (χ4v) is 2.34. The second kappa shape index (κ2) is 6.00. The lowest BCUT2D eigenvalue weighted by molar-refractivity contribution is 0.0722. The lowest BCUT2D eigenvalue weighted by atomic mass is 10.2. The molecule has 6 heteroatoms. The van der Waals surface area contributed by atoms with Crippen molar-refractivity contribution in [3.63, 3.8) is 0 Å². The third-order valence-electron chi connectivity index (χ3n) is 3.37. The van der Waals surface area contributed by atoms with Crippen molar-refractivity contribution >= 4 is 29.1 Å². The zero-order valence-electron chi connectivity index (χ0n) is 11.2. The van der Waals surface area contributed by atoms with Crippen molar-refractivity contribution in [2.45, 2.75) is 25.4 Å². The molecule has 1 aromatic heterocycles. The Morgan fingerprint density at radius 1 is 1.10 bits per heavy atom. The van der Waals surface area contributed by atoms with Crippen LogP contribution in [0, 0.1) is 0 Å². The summed E-state index contributed by atoms with van der Waals surface area (Å²) in [6.45, 7) is 0.547. The van der Waals surface area contributed by atoms with Crippen molar-refractivity contribution in [1.82, 2.24) is 15.1 Å². The van der Waals surface area contributed by atoms with E-state index in [-0.39, 0.29) is 17.1 Å². The van der Waals surface area contributed by atoms with Crippen LogP contribution in [0.1, 0.15) is 28.9 Å². The zero-order valence-corrected chi connectivity index (χ0v) is 12.7. The molecule has 1 aromatic carbocycles. The quantitative estimate of drug-likeness (QED) is 0.864. The highest BCUT2D eigenvalue weighted by Gasteiger charge is 2.33. The third-order valence-corrected chi connectivity index (χ3v) is 3.82. The molecule has 1 aliphatic rings. The van der Waals surface area contributed by atoms with E-state index < -0.39 is 0 Å². The first-order valence-corrected chi connectivity index (χ1v) is 7.44. The number of aromatic nitrogens is 2. The number of amides is 1. The van der Waals surface area contributed by atoms with Gasteiger partial charge >= 0.3 is 0 Å². The highest BCUT2D eigenvalue weighted by Crippen LogP contribution is 2.29. The lowest BCUT2D eigenvalue weighted by Gasteiger charge is -2.22. The van der Waals surface area contributed by atoms with Gasteiger partial charge in [0.1, 0.15) is 0 Å². The van der Waals surface area contributed by atoms with Crippen molar-refractivity contribution in [2.24, 2.45) is 0 Å². The molecular weight excluding hydrogens is 309 g/mol. The van der Waals surface area contributed by atoms with E-state index >= 15 is 0 Å². The summed E-state index contributed by atoms with van der Waals surface area (Å²) in [6, 6.07) is 11.0. The number of benzene rings is 1. The standard InChI is InChI=1S/C15H13Cl2N3O/c16-11-3-1-10(2-4-11)9-20(12-5-6-12)15(21)13-7-8-14(17)19-18-13/h1-4,7-8,12H,5-6,9H2. The Labute approximate surface area is 132 Å². The summed E-state index contributed by atoms with van der Waals surface area (Å²) in [4.78, 5) is 14.4. The molecule has 1 heterocycles. The predicted molar refractivity (Wildman–Crippen MR) is 81.4 cm³/mol. The van der Waals surface area contributed by atoms with Crippen LogP contribution in [0.15, 0.2) is 36.4 Å². The van der Waals surface area contributed by atoms with Crippen LogP contribution in [0.2, 0.25) is 10.2 Å². The first kappa shape index (κ1) is 14.3. The van der Waals surface area contributed by atoms with Gasteiger partial charge in [-0.25, -0.2) is 0 Å². The van der Waals surface area contributed by atoms with Crippen LogP contribution >= 0.6 is 23.2 Å². The lowest BCUT2D eigenvalue weighted by Crippen LogP contribution is -2.33. The maximum atomic E-state index is 12.6. The Morgan fingerprint density at radius 2 is 1.81 bits per heavy atom. The summed E-state index contributed by atoms with van der Waals surface area (Å²) in [7, 11) is 0. The van der Waals surface area contributed by atoms with Gasteiger partial charge in [-0.15, -0.1) is 10.2 Å². The number of hydrogen-bond donors (Lipinski definition) is 0. The number of halogens is 2. The second-order valence-corrected chi connectivity index (χ2v) is 5.86. The SMILES string of the molecule is O=C(c1ccc(Cl)nn1)N(Cc1ccc(Cl)cc1)C1CC1. The molecule has 1 saturated carbocycles. The number of rotatable bonds is 4. The molecule has 3 rings (SSSR count). The normalized spacial score (nSPS) is 14.0. The maximum absolute atomic E-state index is 12.6. The van der Waals surface area contributed by atoms with Gasteiger partial charge in [-0.1, -0.05) is 35.3 Å². The predicted octanol–water partition coefficient (Wildman–Crippen LogP) is 3.59. The van der Waals surface area contributed by atoms with E-state index in [1.54, 1.807) is 12.1 Å². The number of carbonyl (C=O) groups excluding carboxylic acids is 1. The minimum atomic E-state index is -0.114. The van der Waals surface area contributed by atoms with Crippen LogP contribution in [0.3, 0.4) is 0 Å². The number of carbonyl (C=O) groups is 1. The van der Waals surface area contributed by atoms with Crippen LogP contribution in [0.4, 0.5) is 0 Å². The second-order valence-electron chi connectivity index (χ2n) is 5.03. The maximum Gasteiger partial charge on any atom is 0.274 e. The third kappa shape index (κ3) is 3.52. The van der Waals surface area contributed by atoms with Gasteiger partial charge < -0.3 is 4.90 Å². The molecule has 1 aliphatic carbocycles. The summed E-state index contributed by atoms with van der Waals surface area (Å²) in [5.74, 6) is -0.114. The highest BCUT2D eigenvalue weighted by atomic mass is 35.5. The summed E-state index contributed by atoms with van der Waals surface area (Å²) in [5, 5.41) is 8.57. The van der Waals surface area contributed by atoms with Crippen molar-refractivity contribution in [3.8, 4) is 0 Å². The molecule has 0 radical (unpaired) electrons. The van der Waals surface area contributed by atoms with Gasteiger partial charge in [0, 0.05) is 17.6 Å². The summed E-state index contributed by atoms with van der Waals surface area (Å²) >= 11 is 11.6. The van der Waals surface area contributed by atoms with Crippen molar-refractivity contribution in [2.75, 3.05) is 0 Å². The van der Waals surface area contributed by atoms with E-state index in [4.69, 9.17) is 23.2 Å². The molecule has 0 saturated heterocycles. The monoisotopic (exact) mass is 321 g/mol. The van der Waals surface area contributed by atoms with Gasteiger partial charge in [0.05, 0.1) is 0 Å². The Hall–Kier alpha value is -1.65. The fourth-order valence-electron chi connectivity index (χ4n) is 2.12.